The van der Waals surface area contributed by atoms with E-state index in [0.717, 1.165) is 4.47 Å². The molecule has 0 N–H and O–H groups in total. The summed E-state index contributed by atoms with van der Waals surface area (Å²) >= 11 is 9.35. The lowest BCUT2D eigenvalue weighted by Crippen LogP contribution is -2.31. The van der Waals surface area contributed by atoms with E-state index in [-0.39, 0.29) is 12.0 Å². The van der Waals surface area contributed by atoms with Crippen LogP contribution in [0.15, 0.2) is 22.7 Å². The molecule has 100 valence electrons. The van der Waals surface area contributed by atoms with E-state index in [2.05, 4.69) is 15.9 Å². The summed E-state index contributed by atoms with van der Waals surface area (Å²) in [5.41, 5.74) is 0.498. The molecule has 0 atom stereocenters. The Hall–Kier alpha value is -0.580. The van der Waals surface area contributed by atoms with Gasteiger partial charge < -0.3 is 9.64 Å². The van der Waals surface area contributed by atoms with Gasteiger partial charge in [-0.3, -0.25) is 4.79 Å². The Bertz CT molecular complexity index is 423. The molecule has 0 saturated heterocycles. The molecule has 0 bridgehead atoms. The van der Waals surface area contributed by atoms with E-state index < -0.39 is 0 Å². The predicted molar refractivity (Wildman–Crippen MR) is 77.2 cm³/mol. The van der Waals surface area contributed by atoms with Gasteiger partial charge in [-0.25, -0.2) is 0 Å². The van der Waals surface area contributed by atoms with Crippen LogP contribution >= 0.6 is 27.5 Å². The second kappa shape index (κ2) is 7.12. The molecule has 18 heavy (non-hydrogen) atoms. The Morgan fingerprint density at radius 1 is 1.50 bits per heavy atom. The molecule has 0 unspecified atom stereocenters. The Balaban J connectivity index is 2.65. The van der Waals surface area contributed by atoms with Gasteiger partial charge in [0.1, 0.15) is 0 Å². The van der Waals surface area contributed by atoms with Crippen LogP contribution in [0.1, 0.15) is 24.2 Å². The number of ether oxygens (including phenoxy) is 1. The molecule has 3 nitrogen and oxygen atoms in total. The minimum absolute atomic E-state index is 0.103. The van der Waals surface area contributed by atoms with Crippen molar-refractivity contribution in [2.24, 2.45) is 0 Å². The first-order valence-corrected chi connectivity index (χ1v) is 6.91. The van der Waals surface area contributed by atoms with E-state index in [1.165, 1.54) is 0 Å². The van der Waals surface area contributed by atoms with E-state index in [0.29, 0.717) is 23.7 Å². The third kappa shape index (κ3) is 4.59. The van der Waals surface area contributed by atoms with E-state index in [1.54, 1.807) is 30.1 Å². The fourth-order valence-corrected chi connectivity index (χ4v) is 1.95. The minimum Gasteiger partial charge on any atom is -0.377 e. The van der Waals surface area contributed by atoms with Crippen LogP contribution in [0.2, 0.25) is 5.02 Å². The summed E-state index contributed by atoms with van der Waals surface area (Å²) in [7, 11) is 1.74. The molecule has 1 rings (SSSR count). The van der Waals surface area contributed by atoms with Crippen molar-refractivity contribution in [2.45, 2.75) is 20.0 Å². The van der Waals surface area contributed by atoms with Crippen molar-refractivity contribution in [1.82, 2.24) is 4.90 Å². The Labute approximate surface area is 121 Å². The second-order valence-corrected chi connectivity index (χ2v) is 5.59. The first kappa shape index (κ1) is 15.5. The summed E-state index contributed by atoms with van der Waals surface area (Å²) in [6.07, 6.45) is 0.169. The maximum Gasteiger partial charge on any atom is 0.255 e. The Morgan fingerprint density at radius 3 is 2.78 bits per heavy atom. The molecule has 1 aromatic carbocycles. The zero-order chi connectivity index (χ0) is 13.7. The van der Waals surface area contributed by atoms with E-state index in [9.17, 15) is 4.79 Å². The van der Waals surface area contributed by atoms with Gasteiger partial charge in [0.15, 0.2) is 0 Å². The molecule has 0 saturated carbocycles. The molecule has 0 aromatic heterocycles. The number of hydrogen-bond acceptors (Lipinski definition) is 2. The molecule has 0 aliphatic heterocycles. The molecule has 1 aromatic rings. The third-order valence-electron chi connectivity index (χ3n) is 2.38. The number of carbonyl (C=O) groups excluding carboxylic acids is 1. The van der Waals surface area contributed by atoms with Crippen LogP contribution in [-0.4, -0.2) is 37.1 Å². The van der Waals surface area contributed by atoms with Gasteiger partial charge in [0.25, 0.3) is 5.91 Å². The lowest BCUT2D eigenvalue weighted by atomic mass is 10.2. The molecule has 0 radical (unpaired) electrons. The van der Waals surface area contributed by atoms with E-state index in [1.807, 2.05) is 13.8 Å². The maximum atomic E-state index is 12.2. The number of hydrogen-bond donors (Lipinski definition) is 0. The van der Waals surface area contributed by atoms with Crippen LogP contribution in [0, 0.1) is 0 Å². The van der Waals surface area contributed by atoms with Gasteiger partial charge in [0.05, 0.1) is 23.3 Å². The molecular weight excluding hydrogens is 318 g/mol. The van der Waals surface area contributed by atoms with E-state index >= 15 is 0 Å². The Kier molecular flexibility index (Phi) is 6.12. The first-order chi connectivity index (χ1) is 8.41. The molecular formula is C13H17BrClNO2. The molecule has 0 fully saturated rings. The summed E-state index contributed by atoms with van der Waals surface area (Å²) in [6.45, 7) is 4.99. The highest BCUT2D eigenvalue weighted by atomic mass is 79.9. The summed E-state index contributed by atoms with van der Waals surface area (Å²) in [6, 6.07) is 5.24. The molecule has 0 aliphatic rings. The van der Waals surface area contributed by atoms with Gasteiger partial charge in [-0.1, -0.05) is 27.5 Å². The first-order valence-electron chi connectivity index (χ1n) is 5.74. The molecule has 1 amide bonds. The van der Waals surface area contributed by atoms with Crippen molar-refractivity contribution in [3.63, 3.8) is 0 Å². The van der Waals surface area contributed by atoms with Crippen LogP contribution in [0.3, 0.4) is 0 Å². The number of nitrogens with zero attached hydrogens (tertiary/aromatic N) is 1. The fraction of sp³-hybridized carbons (Fsp3) is 0.462. The highest BCUT2D eigenvalue weighted by molar-refractivity contribution is 9.10. The van der Waals surface area contributed by atoms with Crippen LogP contribution in [0.25, 0.3) is 0 Å². The van der Waals surface area contributed by atoms with Crippen LogP contribution in [-0.2, 0) is 4.74 Å². The quantitative estimate of drug-likeness (QED) is 0.823. The fourth-order valence-electron chi connectivity index (χ4n) is 1.39. The summed E-state index contributed by atoms with van der Waals surface area (Å²) < 4.78 is 6.25. The lowest BCUT2D eigenvalue weighted by molar-refractivity contribution is 0.0532. The average molecular weight is 335 g/mol. The van der Waals surface area contributed by atoms with Gasteiger partial charge in [0.2, 0.25) is 0 Å². The van der Waals surface area contributed by atoms with Gasteiger partial charge in [-0.15, -0.1) is 0 Å². The smallest absolute Gasteiger partial charge is 0.255 e. The summed E-state index contributed by atoms with van der Waals surface area (Å²) in [5, 5.41) is 0.458. The number of carbonyl (C=O) groups is 1. The lowest BCUT2D eigenvalue weighted by Gasteiger charge is -2.18. The van der Waals surface area contributed by atoms with Crippen molar-refractivity contribution >= 4 is 33.4 Å². The topological polar surface area (TPSA) is 29.5 Å². The molecule has 0 spiro atoms. The summed E-state index contributed by atoms with van der Waals surface area (Å²) in [5.74, 6) is -0.103. The number of amides is 1. The van der Waals surface area contributed by atoms with Crippen molar-refractivity contribution in [3.8, 4) is 0 Å². The third-order valence-corrected chi connectivity index (χ3v) is 3.21. The highest BCUT2D eigenvalue weighted by Crippen LogP contribution is 2.22. The number of likely N-dealkylation sites (N-methyl/N-ethyl adjacent to an activating group) is 1. The standard InChI is InChI=1S/C13H17BrClNO2/c1-9(2)18-7-6-16(3)13(17)11-8-10(14)4-5-12(11)15/h4-5,8-9H,6-7H2,1-3H3. The number of halogens is 2. The zero-order valence-corrected chi connectivity index (χ0v) is 13.1. The van der Waals surface area contributed by atoms with Crippen molar-refractivity contribution < 1.29 is 9.53 Å². The summed E-state index contributed by atoms with van der Waals surface area (Å²) in [4.78, 5) is 13.8. The highest BCUT2D eigenvalue weighted by Gasteiger charge is 2.15. The molecule has 0 heterocycles. The van der Waals surface area contributed by atoms with E-state index in [4.69, 9.17) is 16.3 Å². The van der Waals surface area contributed by atoms with Gasteiger partial charge in [-0.05, 0) is 32.0 Å². The maximum absolute atomic E-state index is 12.2. The van der Waals surface area contributed by atoms with Gasteiger partial charge in [-0.2, -0.15) is 0 Å². The van der Waals surface area contributed by atoms with Crippen LogP contribution in [0.4, 0.5) is 0 Å². The SMILES string of the molecule is CC(C)OCCN(C)C(=O)c1cc(Br)ccc1Cl. The average Bonchev–Trinajstić information content (AvgIpc) is 2.30. The van der Waals surface area contributed by atoms with Crippen molar-refractivity contribution in [1.29, 1.82) is 0 Å². The number of benzene rings is 1. The molecule has 5 heteroatoms. The van der Waals surface area contributed by atoms with Gasteiger partial charge in [0, 0.05) is 18.1 Å². The molecule has 0 aliphatic carbocycles. The monoisotopic (exact) mass is 333 g/mol. The van der Waals surface area contributed by atoms with Crippen LogP contribution < -0.4 is 0 Å². The largest absolute Gasteiger partial charge is 0.377 e. The normalized spacial score (nSPS) is 10.8. The van der Waals surface area contributed by atoms with Gasteiger partial charge >= 0.3 is 0 Å². The van der Waals surface area contributed by atoms with Crippen molar-refractivity contribution in [2.75, 3.05) is 20.2 Å². The van der Waals surface area contributed by atoms with Crippen molar-refractivity contribution in [3.05, 3.63) is 33.3 Å². The predicted octanol–water partition coefficient (Wildman–Crippen LogP) is 3.60. The van der Waals surface area contributed by atoms with Crippen LogP contribution in [0.5, 0.6) is 0 Å². The number of rotatable bonds is 5. The second-order valence-electron chi connectivity index (χ2n) is 4.27. The Morgan fingerprint density at radius 2 is 2.17 bits per heavy atom. The zero-order valence-electron chi connectivity index (χ0n) is 10.7. The minimum atomic E-state index is -0.103.